The van der Waals surface area contributed by atoms with Crippen LogP contribution in [0.3, 0.4) is 0 Å². The number of carbonyl (C=O) groups excluding carboxylic acids is 2. The predicted octanol–water partition coefficient (Wildman–Crippen LogP) is 4.68. The number of amides is 2. The second-order valence-corrected chi connectivity index (χ2v) is 9.04. The number of hydrogen-bond donors (Lipinski definition) is 0. The number of hydrogen-bond acceptors (Lipinski definition) is 4. The summed E-state index contributed by atoms with van der Waals surface area (Å²) in [7, 11) is 0. The molecule has 0 saturated carbocycles. The number of benzene rings is 1. The summed E-state index contributed by atoms with van der Waals surface area (Å²) < 4.78 is 19.8. The standard InChI is InChI=1S/C24H31FN2O3S/c1-4-17(3)14-26(23(28)5-2)15-24(29)27-12-10-22-18(11-13-31-22)20(27)16-30-21-9-7-6-8-19(21)25/h6-9,11,13,17,20H,4-5,10,12,14-16H2,1-3H3/t17-,20+/m0/s1. The van der Waals surface area contributed by atoms with Gasteiger partial charge in [0.1, 0.15) is 6.61 Å². The van der Waals surface area contributed by atoms with Gasteiger partial charge in [0.2, 0.25) is 11.8 Å². The minimum absolute atomic E-state index is 0.0129. The highest BCUT2D eigenvalue weighted by Crippen LogP contribution is 2.34. The second kappa shape index (κ2) is 10.8. The zero-order chi connectivity index (χ0) is 22.4. The van der Waals surface area contributed by atoms with Gasteiger partial charge in [0, 0.05) is 24.4 Å². The molecule has 0 unspecified atom stereocenters. The second-order valence-electron chi connectivity index (χ2n) is 8.03. The first-order valence-electron chi connectivity index (χ1n) is 10.9. The molecule has 1 aromatic heterocycles. The predicted molar refractivity (Wildman–Crippen MR) is 121 cm³/mol. The molecule has 5 nitrogen and oxygen atoms in total. The number of nitrogens with zero attached hydrogens (tertiary/aromatic N) is 2. The highest BCUT2D eigenvalue weighted by atomic mass is 32.1. The van der Waals surface area contributed by atoms with Crippen LogP contribution >= 0.6 is 11.3 Å². The van der Waals surface area contributed by atoms with E-state index < -0.39 is 5.82 Å². The van der Waals surface area contributed by atoms with Crippen molar-refractivity contribution < 1.29 is 18.7 Å². The quantitative estimate of drug-likeness (QED) is 0.562. The van der Waals surface area contributed by atoms with E-state index in [1.807, 2.05) is 18.4 Å². The summed E-state index contributed by atoms with van der Waals surface area (Å²) >= 11 is 1.67. The van der Waals surface area contributed by atoms with Gasteiger partial charge < -0.3 is 14.5 Å². The third kappa shape index (κ3) is 5.64. The molecule has 2 amide bonds. The lowest BCUT2D eigenvalue weighted by Crippen LogP contribution is -2.48. The zero-order valence-electron chi connectivity index (χ0n) is 18.5. The van der Waals surface area contributed by atoms with Crippen LogP contribution in [0.5, 0.6) is 5.75 Å². The van der Waals surface area contributed by atoms with Crippen LogP contribution in [0.4, 0.5) is 4.39 Å². The Hall–Kier alpha value is -2.41. The fraction of sp³-hybridized carbons (Fsp3) is 0.500. The first-order valence-corrected chi connectivity index (χ1v) is 11.8. The van der Waals surface area contributed by atoms with Crippen LogP contribution < -0.4 is 4.74 Å². The molecule has 0 radical (unpaired) electrons. The van der Waals surface area contributed by atoms with E-state index in [9.17, 15) is 14.0 Å². The Bertz CT molecular complexity index is 900. The van der Waals surface area contributed by atoms with E-state index in [1.54, 1.807) is 39.3 Å². The first-order chi connectivity index (χ1) is 14.9. The van der Waals surface area contributed by atoms with Gasteiger partial charge in [-0.2, -0.15) is 0 Å². The van der Waals surface area contributed by atoms with Crippen LogP contribution in [-0.4, -0.2) is 47.9 Å². The fourth-order valence-corrected chi connectivity index (χ4v) is 4.77. The summed E-state index contributed by atoms with van der Waals surface area (Å²) in [4.78, 5) is 30.5. The number of carbonyl (C=O) groups is 2. The van der Waals surface area contributed by atoms with E-state index >= 15 is 0 Å². The lowest BCUT2D eigenvalue weighted by molar-refractivity contribution is -0.143. The van der Waals surface area contributed by atoms with Gasteiger partial charge in [-0.15, -0.1) is 11.3 Å². The number of rotatable bonds is 9. The van der Waals surface area contributed by atoms with Crippen molar-refractivity contribution in [3.8, 4) is 5.75 Å². The largest absolute Gasteiger partial charge is 0.488 e. The Morgan fingerprint density at radius 2 is 2.06 bits per heavy atom. The van der Waals surface area contributed by atoms with E-state index in [4.69, 9.17) is 4.74 Å². The maximum absolute atomic E-state index is 14.0. The Morgan fingerprint density at radius 3 is 2.77 bits per heavy atom. The van der Waals surface area contributed by atoms with Crippen LogP contribution in [0, 0.1) is 11.7 Å². The lowest BCUT2D eigenvalue weighted by atomic mass is 10.00. The molecule has 2 heterocycles. The minimum Gasteiger partial charge on any atom is -0.488 e. The number of halogens is 1. The number of para-hydroxylation sites is 1. The molecule has 0 saturated heterocycles. The average Bonchev–Trinajstić information content (AvgIpc) is 3.26. The average molecular weight is 447 g/mol. The molecule has 1 aromatic carbocycles. The van der Waals surface area contributed by atoms with E-state index in [1.165, 1.54) is 10.9 Å². The normalized spacial score (nSPS) is 16.5. The molecule has 31 heavy (non-hydrogen) atoms. The Labute approximate surface area is 187 Å². The van der Waals surface area contributed by atoms with Crippen molar-refractivity contribution in [3.63, 3.8) is 0 Å². The van der Waals surface area contributed by atoms with Crippen molar-refractivity contribution in [1.29, 1.82) is 0 Å². The third-order valence-corrected chi connectivity index (χ3v) is 6.86. The Balaban J connectivity index is 1.77. The summed E-state index contributed by atoms with van der Waals surface area (Å²) in [5, 5.41) is 2.02. The molecule has 3 rings (SSSR count). The fourth-order valence-electron chi connectivity index (χ4n) is 3.84. The molecule has 1 aliphatic heterocycles. The molecule has 0 N–H and O–H groups in total. The van der Waals surface area contributed by atoms with Gasteiger partial charge in [-0.25, -0.2) is 4.39 Å². The molecular weight excluding hydrogens is 415 g/mol. The molecule has 0 spiro atoms. The maximum Gasteiger partial charge on any atom is 0.242 e. The zero-order valence-corrected chi connectivity index (χ0v) is 19.3. The van der Waals surface area contributed by atoms with Crippen molar-refractivity contribution in [3.05, 3.63) is 52.0 Å². The molecule has 2 aromatic rings. The van der Waals surface area contributed by atoms with Gasteiger partial charge in [-0.3, -0.25) is 9.59 Å². The highest BCUT2D eigenvalue weighted by molar-refractivity contribution is 7.10. The molecule has 0 bridgehead atoms. The summed E-state index contributed by atoms with van der Waals surface area (Å²) in [6.07, 6.45) is 2.10. The van der Waals surface area contributed by atoms with Gasteiger partial charge in [0.25, 0.3) is 0 Å². The van der Waals surface area contributed by atoms with Crippen LogP contribution in [-0.2, 0) is 16.0 Å². The van der Waals surface area contributed by atoms with Gasteiger partial charge in [-0.05, 0) is 41.5 Å². The minimum atomic E-state index is -0.421. The van der Waals surface area contributed by atoms with Crippen LogP contribution in [0.25, 0.3) is 0 Å². The van der Waals surface area contributed by atoms with Gasteiger partial charge in [0.15, 0.2) is 11.6 Å². The monoisotopic (exact) mass is 446 g/mol. The lowest BCUT2D eigenvalue weighted by Gasteiger charge is -2.37. The molecule has 0 fully saturated rings. The molecule has 0 aliphatic carbocycles. The molecular formula is C24H31FN2O3S. The van der Waals surface area contributed by atoms with Gasteiger partial charge >= 0.3 is 0 Å². The van der Waals surface area contributed by atoms with Crippen LogP contribution in [0.1, 0.15) is 50.1 Å². The highest BCUT2D eigenvalue weighted by Gasteiger charge is 2.33. The third-order valence-electron chi connectivity index (χ3n) is 5.86. The van der Waals surface area contributed by atoms with E-state index in [-0.39, 0.29) is 36.8 Å². The van der Waals surface area contributed by atoms with Crippen molar-refractivity contribution in [2.45, 2.75) is 46.1 Å². The van der Waals surface area contributed by atoms with Crippen molar-refractivity contribution >= 4 is 23.2 Å². The summed E-state index contributed by atoms with van der Waals surface area (Å²) in [5.74, 6) is -0.0229. The van der Waals surface area contributed by atoms with Crippen LogP contribution in [0.2, 0.25) is 0 Å². The SMILES string of the molecule is CCC(=O)N(CC(=O)N1CCc2sccc2[C@H]1COc1ccccc1F)C[C@@H](C)CC. The summed E-state index contributed by atoms with van der Waals surface area (Å²) in [6, 6.07) is 8.01. The van der Waals surface area contributed by atoms with E-state index in [0.29, 0.717) is 25.4 Å². The van der Waals surface area contributed by atoms with E-state index in [2.05, 4.69) is 13.8 Å². The summed E-state index contributed by atoms with van der Waals surface area (Å²) in [6.45, 7) is 7.36. The Kier molecular flexibility index (Phi) is 8.07. The molecule has 1 aliphatic rings. The molecule has 2 atom stereocenters. The van der Waals surface area contributed by atoms with E-state index in [0.717, 1.165) is 18.4 Å². The smallest absolute Gasteiger partial charge is 0.242 e. The first kappa shape index (κ1) is 23.3. The Morgan fingerprint density at radius 1 is 1.29 bits per heavy atom. The summed E-state index contributed by atoms with van der Waals surface area (Å²) in [5.41, 5.74) is 1.05. The van der Waals surface area contributed by atoms with Gasteiger partial charge in [-0.1, -0.05) is 39.3 Å². The van der Waals surface area contributed by atoms with Crippen molar-refractivity contribution in [2.24, 2.45) is 5.92 Å². The number of fused-ring (bicyclic) bond motifs is 1. The molecule has 168 valence electrons. The number of ether oxygens (including phenoxy) is 1. The van der Waals surface area contributed by atoms with Crippen molar-refractivity contribution in [2.75, 3.05) is 26.2 Å². The topological polar surface area (TPSA) is 49.9 Å². The number of thiophene rings is 1. The maximum atomic E-state index is 14.0. The van der Waals surface area contributed by atoms with Crippen molar-refractivity contribution in [1.82, 2.24) is 9.80 Å². The van der Waals surface area contributed by atoms with Gasteiger partial charge in [0.05, 0.1) is 12.6 Å². The molecule has 7 heteroatoms. The van der Waals surface area contributed by atoms with Crippen LogP contribution in [0.15, 0.2) is 35.7 Å².